The van der Waals surface area contributed by atoms with Gasteiger partial charge in [0.25, 0.3) is 5.91 Å². The van der Waals surface area contributed by atoms with Crippen LogP contribution in [0.25, 0.3) is 0 Å². The highest BCUT2D eigenvalue weighted by atomic mass is 32.2. The Hall–Kier alpha value is -3.60. The van der Waals surface area contributed by atoms with E-state index >= 15 is 0 Å². The van der Waals surface area contributed by atoms with Crippen molar-refractivity contribution in [3.05, 3.63) is 16.9 Å². The van der Waals surface area contributed by atoms with Crippen molar-refractivity contribution in [2.45, 2.75) is 24.9 Å². The van der Waals surface area contributed by atoms with Gasteiger partial charge in [0.1, 0.15) is 17.1 Å². The standard InChI is InChI=1S/C15H18N10O5S2/c1-7(27)16-2-3-31-14-11(13(29)20-14)19-12(28)10(8-5-32-15(18-8)17-6-26)23-30-4-9-21-24-25-22-9/h5-6,11,14H,2-4H2,1H3,(H,16,27)(H,19,28)(H,20,29)(H,17,18,26)(H,21,22,24,25)/t11-,14-/m1/s1. The number of hydrogen-bond donors (Lipinski definition) is 5. The van der Waals surface area contributed by atoms with Crippen LogP contribution in [-0.4, -0.2) is 79.2 Å². The van der Waals surface area contributed by atoms with Gasteiger partial charge in [-0.1, -0.05) is 10.4 Å². The zero-order valence-corrected chi connectivity index (χ0v) is 18.2. The number of aromatic nitrogens is 5. The molecule has 0 bridgehead atoms. The van der Waals surface area contributed by atoms with Crippen molar-refractivity contribution >= 4 is 58.1 Å². The van der Waals surface area contributed by atoms with Gasteiger partial charge < -0.3 is 26.1 Å². The summed E-state index contributed by atoms with van der Waals surface area (Å²) in [4.78, 5) is 55.7. The first-order valence-corrected chi connectivity index (χ1v) is 11.0. The molecule has 15 nitrogen and oxygen atoms in total. The van der Waals surface area contributed by atoms with Gasteiger partial charge in [0.05, 0.1) is 0 Å². The highest BCUT2D eigenvalue weighted by molar-refractivity contribution is 8.00. The lowest BCUT2D eigenvalue weighted by Crippen LogP contribution is -2.68. The quantitative estimate of drug-likeness (QED) is 0.0736. The topological polar surface area (TPSA) is 205 Å². The zero-order valence-electron chi connectivity index (χ0n) is 16.5. The Bertz CT molecular complexity index is 995. The molecule has 17 heteroatoms. The van der Waals surface area contributed by atoms with Crippen LogP contribution in [0, 0.1) is 0 Å². The normalized spacial score (nSPS) is 17.7. The molecule has 0 saturated carbocycles. The lowest BCUT2D eigenvalue weighted by atomic mass is 10.1. The van der Waals surface area contributed by atoms with Crippen LogP contribution >= 0.6 is 23.1 Å². The van der Waals surface area contributed by atoms with Crippen molar-refractivity contribution in [3.8, 4) is 0 Å². The third-order valence-electron chi connectivity index (χ3n) is 3.81. The van der Waals surface area contributed by atoms with Gasteiger partial charge in [0.15, 0.2) is 17.5 Å². The van der Waals surface area contributed by atoms with Gasteiger partial charge in [0.2, 0.25) is 24.0 Å². The molecule has 1 aliphatic heterocycles. The van der Waals surface area contributed by atoms with E-state index in [4.69, 9.17) is 4.84 Å². The molecule has 0 aliphatic carbocycles. The van der Waals surface area contributed by atoms with E-state index in [0.29, 0.717) is 18.7 Å². The number of tetrazole rings is 1. The number of thiazole rings is 1. The van der Waals surface area contributed by atoms with Crippen LogP contribution in [-0.2, 0) is 30.6 Å². The molecule has 0 spiro atoms. The summed E-state index contributed by atoms with van der Waals surface area (Å²) in [6.07, 6.45) is 0.452. The number of H-pyrrole nitrogens is 1. The summed E-state index contributed by atoms with van der Waals surface area (Å²) in [7, 11) is 0. The maximum Gasteiger partial charge on any atom is 0.276 e. The predicted molar refractivity (Wildman–Crippen MR) is 112 cm³/mol. The van der Waals surface area contributed by atoms with E-state index in [9.17, 15) is 19.2 Å². The van der Waals surface area contributed by atoms with Crippen LogP contribution in [0.15, 0.2) is 10.5 Å². The third-order valence-corrected chi connectivity index (χ3v) is 5.78. The molecule has 5 N–H and O–H groups in total. The van der Waals surface area contributed by atoms with Crippen molar-refractivity contribution in [3.63, 3.8) is 0 Å². The number of β-lactam (4-membered cyclic amide) rings is 1. The van der Waals surface area contributed by atoms with Crippen LogP contribution in [0.1, 0.15) is 18.4 Å². The van der Waals surface area contributed by atoms with E-state index in [2.05, 4.69) is 52.0 Å². The maximum absolute atomic E-state index is 12.9. The van der Waals surface area contributed by atoms with E-state index in [-0.39, 0.29) is 46.2 Å². The van der Waals surface area contributed by atoms with E-state index < -0.39 is 11.9 Å². The molecule has 0 aromatic carbocycles. The molecule has 1 aliphatic rings. The smallest absolute Gasteiger partial charge is 0.276 e. The number of nitrogens with one attached hydrogen (secondary N) is 5. The number of nitrogens with zero attached hydrogens (tertiary/aromatic N) is 5. The Morgan fingerprint density at radius 1 is 1.44 bits per heavy atom. The van der Waals surface area contributed by atoms with Gasteiger partial charge in [-0.05, 0) is 0 Å². The first-order valence-electron chi connectivity index (χ1n) is 9.03. The first-order chi connectivity index (χ1) is 15.5. The molecule has 1 saturated heterocycles. The second-order valence-electron chi connectivity index (χ2n) is 6.08. The molecular formula is C15H18N10O5S2. The number of oxime groups is 1. The number of aromatic amines is 1. The zero-order chi connectivity index (χ0) is 22.9. The Morgan fingerprint density at radius 3 is 2.97 bits per heavy atom. The summed E-state index contributed by atoms with van der Waals surface area (Å²) >= 11 is 2.45. The van der Waals surface area contributed by atoms with Gasteiger partial charge in [-0.2, -0.15) is 5.21 Å². The summed E-state index contributed by atoms with van der Waals surface area (Å²) in [6.45, 7) is 1.67. The molecule has 3 rings (SSSR count). The van der Waals surface area contributed by atoms with Gasteiger partial charge in [-0.3, -0.25) is 19.2 Å². The van der Waals surface area contributed by atoms with Crippen LogP contribution < -0.4 is 21.3 Å². The Labute approximate surface area is 188 Å². The Balaban J connectivity index is 1.65. The summed E-state index contributed by atoms with van der Waals surface area (Å²) in [5.41, 5.74) is -0.0649. The highest BCUT2D eigenvalue weighted by Gasteiger charge is 2.41. The van der Waals surface area contributed by atoms with Gasteiger partial charge in [-0.15, -0.1) is 33.3 Å². The number of carbonyl (C=O) groups is 4. The second-order valence-corrected chi connectivity index (χ2v) is 8.18. The predicted octanol–water partition coefficient (Wildman–Crippen LogP) is -2.04. The molecule has 170 valence electrons. The second kappa shape index (κ2) is 11.1. The molecule has 0 radical (unpaired) electrons. The van der Waals surface area contributed by atoms with Crippen molar-refractivity contribution in [2.24, 2.45) is 5.16 Å². The molecule has 3 heterocycles. The summed E-state index contributed by atoms with van der Waals surface area (Å²) in [5.74, 6) is -0.457. The minimum atomic E-state index is -0.807. The molecule has 32 heavy (non-hydrogen) atoms. The molecular weight excluding hydrogens is 464 g/mol. The van der Waals surface area contributed by atoms with Crippen molar-refractivity contribution in [1.82, 2.24) is 41.6 Å². The number of thioether (sulfide) groups is 1. The monoisotopic (exact) mass is 482 g/mol. The van der Waals surface area contributed by atoms with Crippen molar-refractivity contribution < 1.29 is 24.0 Å². The largest absolute Gasteiger partial charge is 0.387 e. The molecule has 2 aromatic heterocycles. The maximum atomic E-state index is 12.9. The van der Waals surface area contributed by atoms with E-state index in [0.717, 1.165) is 11.3 Å². The molecule has 2 atom stereocenters. The fourth-order valence-electron chi connectivity index (χ4n) is 2.36. The first kappa shape index (κ1) is 23.1. The number of anilines is 1. The van der Waals surface area contributed by atoms with E-state index in [1.54, 1.807) is 0 Å². The molecule has 2 aromatic rings. The van der Waals surface area contributed by atoms with Gasteiger partial charge in [0, 0.05) is 24.6 Å². The summed E-state index contributed by atoms with van der Waals surface area (Å²) < 4.78 is 0. The molecule has 4 amide bonds. The fourth-order valence-corrected chi connectivity index (χ4v) is 4.07. The number of rotatable bonds is 12. The lowest BCUT2D eigenvalue weighted by Gasteiger charge is -2.36. The average Bonchev–Trinajstić information content (AvgIpc) is 3.44. The molecule has 1 fully saturated rings. The lowest BCUT2D eigenvalue weighted by molar-refractivity contribution is -0.132. The summed E-state index contributed by atoms with van der Waals surface area (Å²) in [6, 6.07) is -0.807. The van der Waals surface area contributed by atoms with E-state index in [1.165, 1.54) is 24.1 Å². The minimum absolute atomic E-state index is 0.138. The Morgan fingerprint density at radius 2 is 2.28 bits per heavy atom. The minimum Gasteiger partial charge on any atom is -0.387 e. The van der Waals surface area contributed by atoms with Crippen LogP contribution in [0.4, 0.5) is 5.13 Å². The Kier molecular flexibility index (Phi) is 8.03. The number of amides is 4. The fraction of sp³-hybridized carbons (Fsp3) is 0.400. The SMILES string of the molecule is CC(=O)NCCS[C@H]1NC(=O)[C@H]1NC(=O)C(=NOCc1nn[nH]n1)c1csc(NC=O)n1. The van der Waals surface area contributed by atoms with E-state index in [1.807, 2.05) is 0 Å². The van der Waals surface area contributed by atoms with Gasteiger partial charge in [-0.25, -0.2) is 4.98 Å². The number of carbonyl (C=O) groups excluding carboxylic acids is 4. The van der Waals surface area contributed by atoms with Crippen LogP contribution in [0.2, 0.25) is 0 Å². The average molecular weight is 483 g/mol. The van der Waals surface area contributed by atoms with Crippen molar-refractivity contribution in [2.75, 3.05) is 17.6 Å². The third kappa shape index (κ3) is 6.20. The number of hydrogen-bond acceptors (Lipinski definition) is 12. The molecule has 0 unspecified atom stereocenters. The van der Waals surface area contributed by atoms with Crippen molar-refractivity contribution in [1.29, 1.82) is 0 Å². The summed E-state index contributed by atoms with van der Waals surface area (Å²) in [5, 5.41) is 28.6. The van der Waals surface area contributed by atoms with Gasteiger partial charge >= 0.3 is 0 Å². The highest BCUT2D eigenvalue weighted by Crippen LogP contribution is 2.20. The van der Waals surface area contributed by atoms with Crippen LogP contribution in [0.5, 0.6) is 0 Å². The van der Waals surface area contributed by atoms with Crippen LogP contribution in [0.3, 0.4) is 0 Å².